The number of nitrogens with one attached hydrogen (secondary N) is 1. The number of rotatable bonds is 6. The Bertz CT molecular complexity index is 479. The van der Waals surface area contributed by atoms with E-state index in [1.54, 1.807) is 5.38 Å². The summed E-state index contributed by atoms with van der Waals surface area (Å²) in [6.45, 7) is 6.28. The molecule has 0 saturated heterocycles. The number of carboxylic acids is 1. The van der Waals surface area contributed by atoms with Crippen LogP contribution in [0, 0.1) is 0 Å². The van der Waals surface area contributed by atoms with Crippen molar-refractivity contribution in [2.45, 2.75) is 38.6 Å². The largest absolute Gasteiger partial charge is 0.480 e. The van der Waals surface area contributed by atoms with E-state index in [4.69, 9.17) is 9.84 Å². The number of carbonyl (C=O) groups is 2. The lowest BCUT2D eigenvalue weighted by molar-refractivity contribution is -0.139. The molecular weight excluding hydrogens is 280 g/mol. The Morgan fingerprint density at radius 1 is 1.50 bits per heavy atom. The summed E-state index contributed by atoms with van der Waals surface area (Å²) in [5.74, 6) is -1.55. The summed E-state index contributed by atoms with van der Waals surface area (Å²) < 4.78 is 4.83. The first kappa shape index (κ1) is 16.6. The predicted octanol–water partition coefficient (Wildman–Crippen LogP) is 1.66. The van der Waals surface area contributed by atoms with Crippen molar-refractivity contribution >= 4 is 23.2 Å². The zero-order valence-electron chi connectivity index (χ0n) is 12.1. The number of hydrogen-bond donors (Lipinski definition) is 2. The number of thiazole rings is 1. The number of hydrogen-bond acceptors (Lipinski definition) is 5. The van der Waals surface area contributed by atoms with Gasteiger partial charge >= 0.3 is 5.97 Å². The van der Waals surface area contributed by atoms with Gasteiger partial charge in [0.15, 0.2) is 0 Å². The number of nitrogens with zero attached hydrogens (tertiary/aromatic N) is 1. The molecule has 1 rings (SSSR count). The molecule has 0 aromatic carbocycles. The van der Waals surface area contributed by atoms with Gasteiger partial charge in [-0.05, 0) is 0 Å². The minimum absolute atomic E-state index is 0.133. The summed E-state index contributed by atoms with van der Waals surface area (Å²) in [4.78, 5) is 27.3. The van der Waals surface area contributed by atoms with E-state index in [0.717, 1.165) is 5.01 Å². The molecule has 1 unspecified atom stereocenters. The number of ether oxygens (including phenoxy) is 1. The van der Waals surface area contributed by atoms with Crippen LogP contribution in [0.25, 0.3) is 0 Å². The number of aromatic nitrogens is 1. The molecule has 0 spiro atoms. The van der Waals surface area contributed by atoms with Crippen LogP contribution in [0.5, 0.6) is 0 Å². The molecule has 0 radical (unpaired) electrons. The lowest BCUT2D eigenvalue weighted by Crippen LogP contribution is -2.41. The molecule has 0 bridgehead atoms. The fourth-order valence-corrected chi connectivity index (χ4v) is 2.34. The van der Waals surface area contributed by atoms with Crippen LogP contribution < -0.4 is 5.32 Å². The van der Waals surface area contributed by atoms with Gasteiger partial charge in [0.2, 0.25) is 0 Å². The summed E-state index contributed by atoms with van der Waals surface area (Å²) in [6, 6.07) is -0.970. The molecule has 0 saturated carbocycles. The number of amides is 1. The van der Waals surface area contributed by atoms with Gasteiger partial charge in [0.1, 0.15) is 11.7 Å². The van der Waals surface area contributed by atoms with Gasteiger partial charge in [0.25, 0.3) is 5.91 Å². The first-order valence-corrected chi connectivity index (χ1v) is 7.12. The Labute approximate surface area is 122 Å². The minimum atomic E-state index is -1.08. The first-order valence-electron chi connectivity index (χ1n) is 6.24. The van der Waals surface area contributed by atoms with Gasteiger partial charge in [-0.15, -0.1) is 11.3 Å². The Kier molecular flexibility index (Phi) is 5.64. The van der Waals surface area contributed by atoms with E-state index < -0.39 is 17.9 Å². The Morgan fingerprint density at radius 3 is 2.60 bits per heavy atom. The first-order chi connectivity index (χ1) is 9.25. The quantitative estimate of drug-likeness (QED) is 0.834. The monoisotopic (exact) mass is 300 g/mol. The smallest absolute Gasteiger partial charge is 0.326 e. The second-order valence-corrected chi connectivity index (χ2v) is 6.29. The van der Waals surface area contributed by atoms with E-state index in [1.807, 2.05) is 20.8 Å². The molecule has 1 amide bonds. The van der Waals surface area contributed by atoms with Crippen LogP contribution in [-0.2, 0) is 14.9 Å². The van der Waals surface area contributed by atoms with E-state index in [1.165, 1.54) is 18.4 Å². The molecule has 0 fully saturated rings. The van der Waals surface area contributed by atoms with Crippen LogP contribution in [0.4, 0.5) is 0 Å². The summed E-state index contributed by atoms with van der Waals surface area (Å²) in [7, 11) is 1.48. The average molecular weight is 300 g/mol. The van der Waals surface area contributed by atoms with Gasteiger partial charge in [-0.2, -0.15) is 0 Å². The Balaban J connectivity index is 2.74. The standard InChI is InChI=1S/C13H20N2O4S/c1-13(2,3)12-15-9(7-20-12)10(16)14-8(11(17)18)5-6-19-4/h7-8H,5-6H2,1-4H3,(H,14,16)(H,17,18). The van der Waals surface area contributed by atoms with E-state index in [-0.39, 0.29) is 24.1 Å². The van der Waals surface area contributed by atoms with Gasteiger partial charge in [-0.1, -0.05) is 20.8 Å². The van der Waals surface area contributed by atoms with Crippen molar-refractivity contribution in [3.05, 3.63) is 16.1 Å². The molecule has 1 atom stereocenters. The average Bonchev–Trinajstić information content (AvgIpc) is 2.83. The second kappa shape index (κ2) is 6.81. The zero-order valence-corrected chi connectivity index (χ0v) is 12.9. The van der Waals surface area contributed by atoms with E-state index in [9.17, 15) is 9.59 Å². The maximum absolute atomic E-state index is 12.0. The molecule has 0 aliphatic heterocycles. The topological polar surface area (TPSA) is 88.5 Å². The highest BCUT2D eigenvalue weighted by Crippen LogP contribution is 2.25. The summed E-state index contributed by atoms with van der Waals surface area (Å²) >= 11 is 1.39. The normalized spacial score (nSPS) is 13.0. The van der Waals surface area contributed by atoms with Crippen molar-refractivity contribution in [3.63, 3.8) is 0 Å². The maximum atomic E-state index is 12.0. The SMILES string of the molecule is COCCC(NC(=O)c1csc(C(C)(C)C)n1)C(=O)O. The third kappa shape index (κ3) is 4.57. The molecular formula is C13H20N2O4S. The van der Waals surface area contributed by atoms with Crippen molar-refractivity contribution in [2.75, 3.05) is 13.7 Å². The van der Waals surface area contributed by atoms with Crippen LogP contribution >= 0.6 is 11.3 Å². The molecule has 6 nitrogen and oxygen atoms in total. The highest BCUT2D eigenvalue weighted by atomic mass is 32.1. The van der Waals surface area contributed by atoms with E-state index >= 15 is 0 Å². The number of aliphatic carboxylic acids is 1. The molecule has 0 aliphatic rings. The van der Waals surface area contributed by atoms with Crippen molar-refractivity contribution < 1.29 is 19.4 Å². The third-order valence-corrected chi connectivity index (χ3v) is 3.86. The van der Waals surface area contributed by atoms with Gasteiger partial charge < -0.3 is 15.2 Å². The Morgan fingerprint density at radius 2 is 2.15 bits per heavy atom. The highest BCUT2D eigenvalue weighted by molar-refractivity contribution is 7.10. The fourth-order valence-electron chi connectivity index (χ4n) is 1.45. The van der Waals surface area contributed by atoms with Crippen molar-refractivity contribution in [2.24, 2.45) is 0 Å². The lowest BCUT2D eigenvalue weighted by atomic mass is 9.98. The fraction of sp³-hybridized carbons (Fsp3) is 0.615. The lowest BCUT2D eigenvalue weighted by Gasteiger charge is -2.14. The molecule has 2 N–H and O–H groups in total. The van der Waals surface area contributed by atoms with Gasteiger partial charge in [-0.25, -0.2) is 9.78 Å². The predicted molar refractivity (Wildman–Crippen MR) is 76.2 cm³/mol. The van der Waals surface area contributed by atoms with Crippen LogP contribution in [0.1, 0.15) is 42.7 Å². The molecule has 112 valence electrons. The van der Waals surface area contributed by atoms with Crippen molar-refractivity contribution in [1.29, 1.82) is 0 Å². The van der Waals surface area contributed by atoms with Crippen LogP contribution in [0.2, 0.25) is 0 Å². The molecule has 1 heterocycles. The summed E-state index contributed by atoms with van der Waals surface area (Å²) in [6.07, 6.45) is 0.216. The maximum Gasteiger partial charge on any atom is 0.326 e. The second-order valence-electron chi connectivity index (χ2n) is 5.43. The number of carbonyl (C=O) groups excluding carboxylic acids is 1. The summed E-state index contributed by atoms with van der Waals surface area (Å²) in [5.41, 5.74) is 0.120. The van der Waals surface area contributed by atoms with Gasteiger partial charge in [0.05, 0.1) is 5.01 Å². The Hall–Kier alpha value is -1.47. The van der Waals surface area contributed by atoms with Gasteiger partial charge in [0, 0.05) is 30.9 Å². The minimum Gasteiger partial charge on any atom is -0.480 e. The van der Waals surface area contributed by atoms with Crippen LogP contribution in [0.3, 0.4) is 0 Å². The molecule has 20 heavy (non-hydrogen) atoms. The van der Waals surface area contributed by atoms with Crippen LogP contribution in [-0.4, -0.2) is 41.7 Å². The number of carboxylic acid groups (broad SMARTS) is 1. The molecule has 1 aromatic rings. The third-order valence-electron chi connectivity index (χ3n) is 2.59. The molecule has 0 aliphatic carbocycles. The summed E-state index contributed by atoms with van der Waals surface area (Å²) in [5, 5.41) is 14.0. The van der Waals surface area contributed by atoms with Crippen LogP contribution in [0.15, 0.2) is 5.38 Å². The molecule has 1 aromatic heterocycles. The number of methoxy groups -OCH3 is 1. The highest BCUT2D eigenvalue weighted by Gasteiger charge is 2.24. The molecule has 7 heteroatoms. The zero-order chi connectivity index (χ0) is 15.3. The van der Waals surface area contributed by atoms with E-state index in [0.29, 0.717) is 0 Å². The van der Waals surface area contributed by atoms with Crippen molar-refractivity contribution in [1.82, 2.24) is 10.3 Å². The van der Waals surface area contributed by atoms with Gasteiger partial charge in [-0.3, -0.25) is 4.79 Å². The van der Waals surface area contributed by atoms with Crippen molar-refractivity contribution in [3.8, 4) is 0 Å². The van der Waals surface area contributed by atoms with E-state index in [2.05, 4.69) is 10.3 Å².